The Bertz CT molecular complexity index is 1100. The maximum atomic E-state index is 12.7. The molecule has 0 saturated carbocycles. The third-order valence-corrected chi connectivity index (χ3v) is 4.32. The standard InChI is InChI=1S/C19H16ClN3O3/c1-11-3-8-15(9-12(11)2)23-18(25)16(10-21-19(23)26)17(24)22-14-6-4-13(20)5-7-14/h3-10H,1-2H3,(H,21,26)(H,22,24). The van der Waals surface area contributed by atoms with Gasteiger partial charge in [-0.2, -0.15) is 0 Å². The van der Waals surface area contributed by atoms with Crippen LogP contribution in [0.2, 0.25) is 5.02 Å². The number of H-pyrrole nitrogens is 1. The number of aromatic amines is 1. The van der Waals surface area contributed by atoms with Gasteiger partial charge in [-0.05, 0) is 61.4 Å². The topological polar surface area (TPSA) is 84.0 Å². The van der Waals surface area contributed by atoms with Crippen molar-refractivity contribution in [3.63, 3.8) is 0 Å². The Morgan fingerprint density at radius 2 is 1.73 bits per heavy atom. The molecule has 132 valence electrons. The van der Waals surface area contributed by atoms with Gasteiger partial charge in [-0.3, -0.25) is 9.59 Å². The largest absolute Gasteiger partial charge is 0.333 e. The van der Waals surface area contributed by atoms with E-state index in [1.54, 1.807) is 36.4 Å². The SMILES string of the molecule is Cc1ccc(-n2c(=O)[nH]cc(C(=O)Nc3ccc(Cl)cc3)c2=O)cc1C. The second-order valence-electron chi connectivity index (χ2n) is 5.88. The normalized spacial score (nSPS) is 10.6. The third-order valence-electron chi connectivity index (χ3n) is 4.07. The number of aromatic nitrogens is 2. The van der Waals surface area contributed by atoms with Crippen LogP contribution in [0.4, 0.5) is 5.69 Å². The lowest BCUT2D eigenvalue weighted by atomic mass is 10.1. The fourth-order valence-electron chi connectivity index (χ4n) is 2.47. The van der Waals surface area contributed by atoms with E-state index in [0.717, 1.165) is 21.9 Å². The van der Waals surface area contributed by atoms with Crippen molar-refractivity contribution < 1.29 is 4.79 Å². The van der Waals surface area contributed by atoms with E-state index in [0.29, 0.717) is 16.4 Å². The fourth-order valence-corrected chi connectivity index (χ4v) is 2.59. The van der Waals surface area contributed by atoms with E-state index in [-0.39, 0.29) is 5.56 Å². The van der Waals surface area contributed by atoms with E-state index < -0.39 is 17.2 Å². The fraction of sp³-hybridized carbons (Fsp3) is 0.105. The summed E-state index contributed by atoms with van der Waals surface area (Å²) in [7, 11) is 0. The maximum absolute atomic E-state index is 12.7. The molecule has 1 aromatic heterocycles. The van der Waals surface area contributed by atoms with Gasteiger partial charge in [0.2, 0.25) is 0 Å². The predicted octanol–water partition coefficient (Wildman–Crippen LogP) is 3.05. The molecule has 0 radical (unpaired) electrons. The lowest BCUT2D eigenvalue weighted by Gasteiger charge is -2.09. The molecular weight excluding hydrogens is 354 g/mol. The van der Waals surface area contributed by atoms with Crippen LogP contribution in [0.25, 0.3) is 5.69 Å². The number of nitrogens with zero attached hydrogens (tertiary/aromatic N) is 1. The number of amides is 1. The van der Waals surface area contributed by atoms with Crippen molar-refractivity contribution >= 4 is 23.2 Å². The quantitative estimate of drug-likeness (QED) is 0.744. The molecule has 3 aromatic rings. The molecule has 7 heteroatoms. The Morgan fingerprint density at radius 1 is 1.04 bits per heavy atom. The van der Waals surface area contributed by atoms with Gasteiger partial charge in [-0.15, -0.1) is 0 Å². The van der Waals surface area contributed by atoms with Gasteiger partial charge in [0.05, 0.1) is 5.69 Å². The Morgan fingerprint density at radius 3 is 2.38 bits per heavy atom. The molecule has 6 nitrogen and oxygen atoms in total. The van der Waals surface area contributed by atoms with Crippen LogP contribution >= 0.6 is 11.6 Å². The minimum Gasteiger partial charge on any atom is -0.322 e. The molecule has 2 aromatic carbocycles. The highest BCUT2D eigenvalue weighted by Crippen LogP contribution is 2.14. The van der Waals surface area contributed by atoms with E-state index in [1.165, 1.54) is 0 Å². The molecule has 0 saturated heterocycles. The highest BCUT2D eigenvalue weighted by molar-refractivity contribution is 6.30. The summed E-state index contributed by atoms with van der Waals surface area (Å²) in [5.74, 6) is -0.619. The van der Waals surface area contributed by atoms with Crippen molar-refractivity contribution in [3.8, 4) is 5.69 Å². The average molecular weight is 370 g/mol. The monoisotopic (exact) mass is 369 g/mol. The lowest BCUT2D eigenvalue weighted by molar-refractivity contribution is 0.102. The van der Waals surface area contributed by atoms with E-state index >= 15 is 0 Å². The van der Waals surface area contributed by atoms with Gasteiger partial charge < -0.3 is 10.3 Å². The highest BCUT2D eigenvalue weighted by atomic mass is 35.5. The van der Waals surface area contributed by atoms with Crippen molar-refractivity contribution in [2.45, 2.75) is 13.8 Å². The molecule has 0 aliphatic rings. The molecule has 26 heavy (non-hydrogen) atoms. The van der Waals surface area contributed by atoms with Crippen LogP contribution in [0, 0.1) is 13.8 Å². The number of carbonyl (C=O) groups excluding carboxylic acids is 1. The zero-order valence-electron chi connectivity index (χ0n) is 14.2. The Hall–Kier alpha value is -3.12. The Labute approximate surface area is 154 Å². The van der Waals surface area contributed by atoms with Gasteiger partial charge in [0.15, 0.2) is 0 Å². The molecule has 3 rings (SSSR count). The van der Waals surface area contributed by atoms with Gasteiger partial charge in [-0.1, -0.05) is 17.7 Å². The van der Waals surface area contributed by atoms with Crippen LogP contribution in [0.5, 0.6) is 0 Å². The molecule has 0 aliphatic carbocycles. The molecule has 1 heterocycles. The summed E-state index contributed by atoms with van der Waals surface area (Å²) in [4.78, 5) is 39.8. The summed E-state index contributed by atoms with van der Waals surface area (Å²) < 4.78 is 0.948. The Balaban J connectivity index is 2.03. The Kier molecular flexibility index (Phi) is 4.77. The van der Waals surface area contributed by atoms with Crippen LogP contribution in [-0.2, 0) is 0 Å². The van der Waals surface area contributed by atoms with Crippen molar-refractivity contribution in [1.82, 2.24) is 9.55 Å². The summed E-state index contributed by atoms with van der Waals surface area (Å²) >= 11 is 5.81. The van der Waals surface area contributed by atoms with Crippen LogP contribution in [-0.4, -0.2) is 15.5 Å². The lowest BCUT2D eigenvalue weighted by Crippen LogP contribution is -2.38. The van der Waals surface area contributed by atoms with Gasteiger partial charge in [0.25, 0.3) is 11.5 Å². The summed E-state index contributed by atoms with van der Waals surface area (Å²) in [6.07, 6.45) is 1.12. The van der Waals surface area contributed by atoms with Crippen molar-refractivity contribution in [2.24, 2.45) is 0 Å². The minimum absolute atomic E-state index is 0.169. The molecule has 0 unspecified atom stereocenters. The first-order valence-corrected chi connectivity index (χ1v) is 8.24. The number of anilines is 1. The maximum Gasteiger partial charge on any atom is 0.333 e. The van der Waals surface area contributed by atoms with Gasteiger partial charge >= 0.3 is 5.69 Å². The van der Waals surface area contributed by atoms with E-state index in [2.05, 4.69) is 10.3 Å². The highest BCUT2D eigenvalue weighted by Gasteiger charge is 2.16. The second-order valence-corrected chi connectivity index (χ2v) is 6.31. The van der Waals surface area contributed by atoms with E-state index in [1.807, 2.05) is 19.9 Å². The first-order valence-electron chi connectivity index (χ1n) is 7.86. The van der Waals surface area contributed by atoms with E-state index in [9.17, 15) is 14.4 Å². The first-order chi connectivity index (χ1) is 12.4. The van der Waals surface area contributed by atoms with Crippen LogP contribution in [0.1, 0.15) is 21.5 Å². The van der Waals surface area contributed by atoms with Crippen molar-refractivity contribution in [3.05, 3.63) is 91.2 Å². The number of aryl methyl sites for hydroxylation is 2. The zero-order chi connectivity index (χ0) is 18.8. The zero-order valence-corrected chi connectivity index (χ0v) is 14.9. The van der Waals surface area contributed by atoms with Crippen LogP contribution in [0.3, 0.4) is 0 Å². The predicted molar refractivity (Wildman–Crippen MR) is 102 cm³/mol. The van der Waals surface area contributed by atoms with Crippen LogP contribution in [0.15, 0.2) is 58.3 Å². The average Bonchev–Trinajstić information content (AvgIpc) is 2.60. The number of nitrogens with one attached hydrogen (secondary N) is 2. The molecule has 0 aliphatic heterocycles. The van der Waals surface area contributed by atoms with Crippen LogP contribution < -0.4 is 16.6 Å². The number of benzene rings is 2. The summed E-state index contributed by atoms with van der Waals surface area (Å²) in [5.41, 5.74) is 1.39. The molecule has 0 atom stereocenters. The van der Waals surface area contributed by atoms with E-state index in [4.69, 9.17) is 11.6 Å². The third kappa shape index (κ3) is 3.45. The second kappa shape index (κ2) is 7.01. The number of hydrogen-bond donors (Lipinski definition) is 2. The molecule has 0 fully saturated rings. The van der Waals surface area contributed by atoms with Crippen molar-refractivity contribution in [1.29, 1.82) is 0 Å². The summed E-state index contributed by atoms with van der Waals surface area (Å²) in [6, 6.07) is 11.7. The van der Waals surface area contributed by atoms with Crippen molar-refractivity contribution in [2.75, 3.05) is 5.32 Å². The smallest absolute Gasteiger partial charge is 0.322 e. The molecule has 0 spiro atoms. The number of rotatable bonds is 3. The molecular formula is C19H16ClN3O3. The number of halogens is 1. The number of hydrogen-bond acceptors (Lipinski definition) is 3. The van der Waals surface area contributed by atoms with Gasteiger partial charge in [0.1, 0.15) is 5.56 Å². The summed E-state index contributed by atoms with van der Waals surface area (Å²) in [6.45, 7) is 3.82. The minimum atomic E-state index is -0.691. The summed E-state index contributed by atoms with van der Waals surface area (Å²) in [5, 5.41) is 3.14. The molecule has 0 bridgehead atoms. The number of carbonyl (C=O) groups is 1. The molecule has 2 N–H and O–H groups in total. The van der Waals surface area contributed by atoms with Gasteiger partial charge in [0, 0.05) is 16.9 Å². The molecule has 1 amide bonds. The first kappa shape index (κ1) is 17.7. The van der Waals surface area contributed by atoms with Gasteiger partial charge in [-0.25, -0.2) is 9.36 Å².